The maximum absolute atomic E-state index is 13.0. The molecule has 3 aromatic rings. The van der Waals surface area contributed by atoms with Crippen LogP contribution in [0.2, 0.25) is 5.02 Å². The Labute approximate surface area is 189 Å². The van der Waals surface area contributed by atoms with Gasteiger partial charge in [0.2, 0.25) is 5.91 Å². The van der Waals surface area contributed by atoms with Gasteiger partial charge in [0.1, 0.15) is 12.1 Å². The molecule has 0 spiro atoms. The van der Waals surface area contributed by atoms with Crippen molar-refractivity contribution in [3.8, 4) is 11.4 Å². The van der Waals surface area contributed by atoms with Crippen molar-refractivity contribution < 1.29 is 14.3 Å². The van der Waals surface area contributed by atoms with Crippen LogP contribution in [-0.4, -0.2) is 53.0 Å². The van der Waals surface area contributed by atoms with Gasteiger partial charge in [-0.1, -0.05) is 11.6 Å². The van der Waals surface area contributed by atoms with Crippen LogP contribution >= 0.6 is 11.6 Å². The number of carbonyl (C=O) groups is 2. The molecule has 0 unspecified atom stereocenters. The summed E-state index contributed by atoms with van der Waals surface area (Å²) in [6.45, 7) is 1.91. The highest BCUT2D eigenvalue weighted by atomic mass is 35.5. The van der Waals surface area contributed by atoms with Crippen LogP contribution in [0.15, 0.2) is 47.5 Å². The third-order valence-corrected chi connectivity index (χ3v) is 5.79. The number of hydrogen-bond donors (Lipinski definition) is 1. The van der Waals surface area contributed by atoms with Crippen molar-refractivity contribution in [2.24, 2.45) is 0 Å². The van der Waals surface area contributed by atoms with Gasteiger partial charge in [-0.05, 0) is 49.2 Å². The standard InChI is InChI=1S/C23H23ClN4O4/c1-32-20-8-6-16(13-18(20)24)28-14-26-19-12-15(5-7-17(19)23(28)31)22(30)25-9-3-11-27-10-2-4-21(27)29/h5-8,12-14H,2-4,9-11H2,1H3,(H,25,30). The fourth-order valence-corrected chi connectivity index (χ4v) is 4.02. The smallest absolute Gasteiger partial charge is 0.265 e. The molecule has 1 aliphatic heterocycles. The molecule has 166 valence electrons. The third kappa shape index (κ3) is 4.45. The Hall–Kier alpha value is -3.39. The SMILES string of the molecule is COc1ccc(-n2cnc3cc(C(=O)NCCCN4CCCC4=O)ccc3c2=O)cc1Cl. The van der Waals surface area contributed by atoms with E-state index < -0.39 is 0 Å². The van der Waals surface area contributed by atoms with E-state index in [-0.39, 0.29) is 17.4 Å². The first-order valence-electron chi connectivity index (χ1n) is 10.4. The molecule has 2 aromatic carbocycles. The largest absolute Gasteiger partial charge is 0.495 e. The van der Waals surface area contributed by atoms with Crippen LogP contribution in [0.3, 0.4) is 0 Å². The minimum absolute atomic E-state index is 0.180. The maximum Gasteiger partial charge on any atom is 0.265 e. The number of fused-ring (bicyclic) bond motifs is 1. The molecule has 1 aromatic heterocycles. The van der Waals surface area contributed by atoms with Crippen LogP contribution in [-0.2, 0) is 4.79 Å². The molecule has 4 rings (SSSR count). The van der Waals surface area contributed by atoms with Gasteiger partial charge < -0.3 is 15.0 Å². The summed E-state index contributed by atoms with van der Waals surface area (Å²) in [5, 5.41) is 3.64. The fraction of sp³-hybridized carbons (Fsp3) is 0.304. The highest BCUT2D eigenvalue weighted by molar-refractivity contribution is 6.32. The molecule has 0 aliphatic carbocycles. The van der Waals surface area contributed by atoms with Gasteiger partial charge in [0.05, 0.1) is 28.7 Å². The molecule has 0 radical (unpaired) electrons. The second-order valence-electron chi connectivity index (χ2n) is 7.56. The number of benzene rings is 2. The highest BCUT2D eigenvalue weighted by Gasteiger charge is 2.19. The number of rotatable bonds is 7. The first-order chi connectivity index (χ1) is 15.5. The Morgan fingerprint density at radius 2 is 2.06 bits per heavy atom. The van der Waals surface area contributed by atoms with Crippen molar-refractivity contribution in [2.75, 3.05) is 26.7 Å². The van der Waals surface area contributed by atoms with Crippen molar-refractivity contribution in [2.45, 2.75) is 19.3 Å². The molecule has 2 amide bonds. The van der Waals surface area contributed by atoms with Gasteiger partial charge in [-0.25, -0.2) is 4.98 Å². The first-order valence-corrected chi connectivity index (χ1v) is 10.8. The molecule has 1 N–H and O–H groups in total. The van der Waals surface area contributed by atoms with Gasteiger partial charge in [-0.2, -0.15) is 0 Å². The van der Waals surface area contributed by atoms with Crippen molar-refractivity contribution in [3.05, 3.63) is 63.7 Å². The number of methoxy groups -OCH3 is 1. The number of amides is 2. The Kier molecular flexibility index (Phi) is 6.41. The molecule has 1 aliphatic rings. The van der Waals surface area contributed by atoms with Crippen molar-refractivity contribution in [1.29, 1.82) is 0 Å². The van der Waals surface area contributed by atoms with Gasteiger partial charge in [0.25, 0.3) is 11.5 Å². The van der Waals surface area contributed by atoms with E-state index in [9.17, 15) is 14.4 Å². The van der Waals surface area contributed by atoms with Gasteiger partial charge in [0.15, 0.2) is 0 Å². The lowest BCUT2D eigenvalue weighted by Gasteiger charge is -2.15. The fourth-order valence-electron chi connectivity index (χ4n) is 3.77. The number of carbonyl (C=O) groups excluding carboxylic acids is 2. The number of nitrogens with one attached hydrogen (secondary N) is 1. The van der Waals surface area contributed by atoms with Crippen molar-refractivity contribution in [1.82, 2.24) is 19.8 Å². The van der Waals surface area contributed by atoms with Crippen LogP contribution in [0, 0.1) is 0 Å². The highest BCUT2D eigenvalue weighted by Crippen LogP contribution is 2.26. The van der Waals surface area contributed by atoms with E-state index in [1.807, 2.05) is 4.90 Å². The number of halogens is 1. The molecule has 1 fully saturated rings. The molecule has 0 saturated carbocycles. The van der Waals surface area contributed by atoms with E-state index in [1.54, 1.807) is 36.4 Å². The molecule has 32 heavy (non-hydrogen) atoms. The number of ether oxygens (including phenoxy) is 1. The Morgan fingerprint density at radius 1 is 1.22 bits per heavy atom. The second kappa shape index (κ2) is 9.40. The van der Waals surface area contributed by atoms with Gasteiger partial charge in [0, 0.05) is 31.6 Å². The maximum atomic E-state index is 13.0. The Balaban J connectivity index is 1.46. The summed E-state index contributed by atoms with van der Waals surface area (Å²) in [4.78, 5) is 43.3. The van der Waals surface area contributed by atoms with Crippen LogP contribution < -0.4 is 15.6 Å². The van der Waals surface area contributed by atoms with Crippen molar-refractivity contribution >= 4 is 34.3 Å². The molecule has 1 saturated heterocycles. The predicted octanol–water partition coefficient (Wildman–Crippen LogP) is 2.79. The lowest BCUT2D eigenvalue weighted by atomic mass is 10.1. The van der Waals surface area contributed by atoms with Gasteiger partial charge >= 0.3 is 0 Å². The van der Waals surface area contributed by atoms with Crippen LogP contribution in [0.4, 0.5) is 0 Å². The van der Waals surface area contributed by atoms with E-state index in [0.29, 0.717) is 58.9 Å². The third-order valence-electron chi connectivity index (χ3n) is 5.50. The average Bonchev–Trinajstić information content (AvgIpc) is 3.21. The molecular weight excluding hydrogens is 432 g/mol. The van der Waals surface area contributed by atoms with Crippen LogP contribution in [0.25, 0.3) is 16.6 Å². The molecule has 0 bridgehead atoms. The zero-order valence-corrected chi connectivity index (χ0v) is 18.4. The first kappa shape index (κ1) is 21.8. The summed E-state index contributed by atoms with van der Waals surface area (Å²) in [5.41, 5.74) is 1.15. The predicted molar refractivity (Wildman–Crippen MR) is 122 cm³/mol. The number of hydrogen-bond acceptors (Lipinski definition) is 5. The topological polar surface area (TPSA) is 93.5 Å². The van der Waals surface area contributed by atoms with E-state index in [2.05, 4.69) is 10.3 Å². The zero-order valence-electron chi connectivity index (χ0n) is 17.6. The Bertz CT molecular complexity index is 1240. The van der Waals surface area contributed by atoms with Crippen LogP contribution in [0.1, 0.15) is 29.6 Å². The molecule has 0 atom stereocenters. The summed E-state index contributed by atoms with van der Waals surface area (Å²) in [6, 6.07) is 9.84. The summed E-state index contributed by atoms with van der Waals surface area (Å²) < 4.78 is 6.54. The monoisotopic (exact) mass is 454 g/mol. The minimum atomic E-state index is -0.265. The average molecular weight is 455 g/mol. The number of nitrogens with zero attached hydrogens (tertiary/aromatic N) is 3. The minimum Gasteiger partial charge on any atom is -0.495 e. The van der Waals surface area contributed by atoms with Crippen molar-refractivity contribution in [3.63, 3.8) is 0 Å². The quantitative estimate of drug-likeness (QED) is 0.554. The molecule has 8 nitrogen and oxygen atoms in total. The lowest BCUT2D eigenvalue weighted by molar-refractivity contribution is -0.127. The van der Waals surface area contributed by atoms with E-state index in [1.165, 1.54) is 18.0 Å². The summed E-state index contributed by atoms with van der Waals surface area (Å²) in [7, 11) is 1.52. The van der Waals surface area contributed by atoms with E-state index >= 15 is 0 Å². The number of likely N-dealkylation sites (tertiary alicyclic amines) is 1. The van der Waals surface area contributed by atoms with Gasteiger partial charge in [-0.3, -0.25) is 19.0 Å². The number of aromatic nitrogens is 2. The lowest BCUT2D eigenvalue weighted by Crippen LogP contribution is -2.30. The van der Waals surface area contributed by atoms with Gasteiger partial charge in [-0.15, -0.1) is 0 Å². The molecule has 2 heterocycles. The normalized spacial score (nSPS) is 13.6. The molecular formula is C23H23ClN4O4. The van der Waals surface area contributed by atoms with E-state index in [4.69, 9.17) is 16.3 Å². The zero-order chi connectivity index (χ0) is 22.7. The molecule has 9 heteroatoms. The van der Waals surface area contributed by atoms with Crippen LogP contribution in [0.5, 0.6) is 5.75 Å². The van der Waals surface area contributed by atoms with E-state index in [0.717, 1.165) is 13.0 Å². The Morgan fingerprint density at radius 3 is 2.78 bits per heavy atom. The second-order valence-corrected chi connectivity index (χ2v) is 7.97. The summed E-state index contributed by atoms with van der Waals surface area (Å²) in [5.74, 6) is 0.451. The summed E-state index contributed by atoms with van der Waals surface area (Å²) >= 11 is 6.18. The summed E-state index contributed by atoms with van der Waals surface area (Å²) in [6.07, 6.45) is 3.63.